The van der Waals surface area contributed by atoms with Crippen LogP contribution in [-0.2, 0) is 0 Å². The second-order valence-electron chi connectivity index (χ2n) is 5.07. The van der Waals surface area contributed by atoms with Crippen LogP contribution in [0.15, 0.2) is 18.2 Å². The van der Waals surface area contributed by atoms with E-state index in [4.69, 9.17) is 16.9 Å². The van der Waals surface area contributed by atoms with Gasteiger partial charge in [0.05, 0.1) is 12.5 Å². The Hall–Kier alpha value is -1.53. The van der Waals surface area contributed by atoms with E-state index in [-0.39, 0.29) is 5.91 Å². The lowest BCUT2D eigenvalue weighted by atomic mass is 10.1. The van der Waals surface area contributed by atoms with E-state index >= 15 is 0 Å². The maximum atomic E-state index is 12.4. The number of amides is 1. The van der Waals surface area contributed by atoms with Crippen LogP contribution < -0.4 is 0 Å². The molecule has 0 saturated carbocycles. The van der Waals surface area contributed by atoms with Gasteiger partial charge >= 0.3 is 0 Å². The molecule has 1 aromatic rings. The van der Waals surface area contributed by atoms with E-state index in [1.54, 1.807) is 11.0 Å². The molecular weight excluding hydrogens is 260 g/mol. The number of halogens is 1. The number of hydrogen-bond acceptors (Lipinski definition) is 2. The van der Waals surface area contributed by atoms with Crippen molar-refractivity contribution in [1.29, 1.82) is 5.26 Å². The number of nitriles is 1. The molecule has 4 heteroatoms. The lowest BCUT2D eigenvalue weighted by Gasteiger charge is -2.24. The van der Waals surface area contributed by atoms with Crippen molar-refractivity contribution in [3.8, 4) is 6.07 Å². The highest BCUT2D eigenvalue weighted by Crippen LogP contribution is 2.17. The van der Waals surface area contributed by atoms with Crippen LogP contribution in [0.5, 0.6) is 0 Å². The summed E-state index contributed by atoms with van der Waals surface area (Å²) in [5.74, 6) is 0.303. The number of benzene rings is 1. The Morgan fingerprint density at radius 3 is 2.63 bits per heavy atom. The Morgan fingerprint density at radius 1 is 1.42 bits per heavy atom. The number of hydrogen-bond donors (Lipinski definition) is 0. The van der Waals surface area contributed by atoms with Crippen molar-refractivity contribution in [3.05, 3.63) is 34.3 Å². The summed E-state index contributed by atoms with van der Waals surface area (Å²) >= 11 is 5.99. The van der Waals surface area contributed by atoms with E-state index in [0.717, 1.165) is 5.56 Å². The molecule has 0 aliphatic carbocycles. The summed E-state index contributed by atoms with van der Waals surface area (Å²) < 4.78 is 0. The Bertz CT molecular complexity index is 471. The van der Waals surface area contributed by atoms with Gasteiger partial charge in [0.2, 0.25) is 0 Å². The smallest absolute Gasteiger partial charge is 0.253 e. The molecule has 0 N–H and O–H groups in total. The molecule has 19 heavy (non-hydrogen) atoms. The van der Waals surface area contributed by atoms with Crippen LogP contribution in [0.1, 0.15) is 36.2 Å². The average Bonchev–Trinajstić information content (AvgIpc) is 2.32. The molecule has 0 saturated heterocycles. The number of carbonyl (C=O) groups excluding carboxylic acids is 1. The molecule has 0 aromatic heterocycles. The second-order valence-corrected chi connectivity index (χ2v) is 5.51. The molecule has 0 atom stereocenters. The van der Waals surface area contributed by atoms with E-state index in [2.05, 4.69) is 19.9 Å². The van der Waals surface area contributed by atoms with Crippen molar-refractivity contribution >= 4 is 17.5 Å². The molecule has 1 rings (SSSR count). The van der Waals surface area contributed by atoms with Gasteiger partial charge in [0.15, 0.2) is 0 Å². The van der Waals surface area contributed by atoms with E-state index < -0.39 is 0 Å². The SMILES string of the molecule is Cc1cc(Cl)cc(C(=O)N(CCC#N)CC(C)C)c1. The third-order valence-electron chi connectivity index (χ3n) is 2.66. The highest BCUT2D eigenvalue weighted by molar-refractivity contribution is 6.31. The molecule has 0 heterocycles. The van der Waals surface area contributed by atoms with Crippen LogP contribution >= 0.6 is 11.6 Å². The second kappa shape index (κ2) is 7.16. The van der Waals surface area contributed by atoms with Gasteiger partial charge in [-0.05, 0) is 36.6 Å². The van der Waals surface area contributed by atoms with Crippen molar-refractivity contribution in [2.24, 2.45) is 5.92 Å². The highest BCUT2D eigenvalue weighted by atomic mass is 35.5. The van der Waals surface area contributed by atoms with E-state index in [1.807, 2.05) is 19.1 Å². The largest absolute Gasteiger partial charge is 0.337 e. The van der Waals surface area contributed by atoms with Crippen LogP contribution in [0.25, 0.3) is 0 Å². The van der Waals surface area contributed by atoms with Gasteiger partial charge in [-0.2, -0.15) is 5.26 Å². The van der Waals surface area contributed by atoms with Gasteiger partial charge in [0.25, 0.3) is 5.91 Å². The Labute approximate surface area is 119 Å². The summed E-state index contributed by atoms with van der Waals surface area (Å²) in [6.07, 6.45) is 0.345. The first-order chi connectivity index (χ1) is 8.93. The number of carbonyl (C=O) groups is 1. The van der Waals surface area contributed by atoms with Gasteiger partial charge in [-0.25, -0.2) is 0 Å². The molecular formula is C15H19ClN2O. The zero-order valence-corrected chi connectivity index (χ0v) is 12.4. The summed E-state index contributed by atoms with van der Waals surface area (Å²) in [5.41, 5.74) is 1.55. The van der Waals surface area contributed by atoms with Crippen molar-refractivity contribution in [2.45, 2.75) is 27.2 Å². The molecule has 0 fully saturated rings. The van der Waals surface area contributed by atoms with Gasteiger partial charge < -0.3 is 4.90 Å². The van der Waals surface area contributed by atoms with E-state index in [1.165, 1.54) is 0 Å². The van der Waals surface area contributed by atoms with Crippen molar-refractivity contribution < 1.29 is 4.79 Å². The first-order valence-electron chi connectivity index (χ1n) is 6.37. The van der Waals surface area contributed by atoms with Crippen molar-refractivity contribution in [1.82, 2.24) is 4.90 Å². The topological polar surface area (TPSA) is 44.1 Å². The predicted molar refractivity (Wildman–Crippen MR) is 77.2 cm³/mol. The Kier molecular flexibility index (Phi) is 5.85. The Balaban J connectivity index is 2.94. The summed E-state index contributed by atoms with van der Waals surface area (Å²) in [7, 11) is 0. The normalized spacial score (nSPS) is 10.3. The molecule has 102 valence electrons. The summed E-state index contributed by atoms with van der Waals surface area (Å²) in [6.45, 7) is 7.11. The molecule has 1 amide bonds. The van der Waals surface area contributed by atoms with Gasteiger partial charge in [0.1, 0.15) is 0 Å². The van der Waals surface area contributed by atoms with Gasteiger partial charge in [-0.3, -0.25) is 4.79 Å². The molecule has 0 unspecified atom stereocenters. The molecule has 3 nitrogen and oxygen atoms in total. The number of rotatable bonds is 5. The first-order valence-corrected chi connectivity index (χ1v) is 6.75. The predicted octanol–water partition coefficient (Wildman–Crippen LogP) is 3.66. The van der Waals surface area contributed by atoms with Crippen LogP contribution in [-0.4, -0.2) is 23.9 Å². The lowest BCUT2D eigenvalue weighted by molar-refractivity contribution is 0.0740. The average molecular weight is 279 g/mol. The molecule has 0 aliphatic heterocycles. The fourth-order valence-electron chi connectivity index (χ4n) is 1.94. The van der Waals surface area contributed by atoms with Crippen LogP contribution in [0.3, 0.4) is 0 Å². The summed E-state index contributed by atoms with van der Waals surface area (Å²) in [4.78, 5) is 14.2. The highest BCUT2D eigenvalue weighted by Gasteiger charge is 2.17. The van der Waals surface area contributed by atoms with E-state index in [0.29, 0.717) is 36.0 Å². The lowest BCUT2D eigenvalue weighted by Crippen LogP contribution is -2.35. The van der Waals surface area contributed by atoms with Crippen LogP contribution in [0.4, 0.5) is 0 Å². The molecule has 1 aromatic carbocycles. The zero-order chi connectivity index (χ0) is 14.4. The summed E-state index contributed by atoms with van der Waals surface area (Å²) in [5, 5.41) is 9.24. The zero-order valence-electron chi connectivity index (χ0n) is 11.6. The summed E-state index contributed by atoms with van der Waals surface area (Å²) in [6, 6.07) is 7.40. The maximum Gasteiger partial charge on any atom is 0.253 e. The fourth-order valence-corrected chi connectivity index (χ4v) is 2.23. The van der Waals surface area contributed by atoms with Gasteiger partial charge in [-0.15, -0.1) is 0 Å². The molecule has 0 radical (unpaired) electrons. The minimum Gasteiger partial charge on any atom is -0.337 e. The minimum atomic E-state index is -0.0606. The number of nitrogens with zero attached hydrogens (tertiary/aromatic N) is 2. The van der Waals surface area contributed by atoms with Crippen LogP contribution in [0.2, 0.25) is 5.02 Å². The quantitative estimate of drug-likeness (QED) is 0.825. The molecule has 0 aliphatic rings. The van der Waals surface area contributed by atoms with Crippen molar-refractivity contribution in [3.63, 3.8) is 0 Å². The third-order valence-corrected chi connectivity index (χ3v) is 2.87. The monoisotopic (exact) mass is 278 g/mol. The van der Waals surface area contributed by atoms with E-state index in [9.17, 15) is 4.79 Å². The van der Waals surface area contributed by atoms with Gasteiger partial charge in [-0.1, -0.05) is 25.4 Å². The molecule has 0 bridgehead atoms. The minimum absolute atomic E-state index is 0.0606. The standard InChI is InChI=1S/C15H19ClN2O/c1-11(2)10-18(6-4-5-17)15(19)13-7-12(3)8-14(16)9-13/h7-9,11H,4,6,10H2,1-3H3. The molecule has 0 spiro atoms. The fraction of sp³-hybridized carbons (Fsp3) is 0.467. The van der Waals surface area contributed by atoms with Crippen molar-refractivity contribution in [2.75, 3.05) is 13.1 Å². The third kappa shape index (κ3) is 4.92. The number of aryl methyl sites for hydroxylation is 1. The van der Waals surface area contributed by atoms with Gasteiger partial charge in [0, 0.05) is 23.7 Å². The maximum absolute atomic E-state index is 12.4. The Morgan fingerprint density at radius 2 is 2.11 bits per heavy atom. The van der Waals surface area contributed by atoms with Crippen LogP contribution in [0, 0.1) is 24.2 Å². The first kappa shape index (κ1) is 15.5.